The van der Waals surface area contributed by atoms with Gasteiger partial charge in [-0.05, 0) is 54.7 Å². The molecule has 2 aromatic carbocycles. The predicted molar refractivity (Wildman–Crippen MR) is 79.9 cm³/mol. The number of anilines is 1. The molecule has 2 aromatic rings. The van der Waals surface area contributed by atoms with Gasteiger partial charge in [0.2, 0.25) is 0 Å². The molecule has 0 bridgehead atoms. The van der Waals surface area contributed by atoms with Crippen LogP contribution in [-0.2, 0) is 6.42 Å². The monoisotopic (exact) mass is 301 g/mol. The Bertz CT molecular complexity index is 533. The molecule has 92 valence electrons. The fraction of sp³-hybridized carbons (Fsp3) is 0.250. The topological polar surface area (TPSA) is 12.0 Å². The van der Waals surface area contributed by atoms with E-state index in [0.717, 1.165) is 4.47 Å². The van der Waals surface area contributed by atoms with Gasteiger partial charge >= 0.3 is 0 Å². The summed E-state index contributed by atoms with van der Waals surface area (Å²) in [4.78, 5) is 0. The molecule has 1 aliphatic rings. The molecule has 1 unspecified atom stereocenters. The largest absolute Gasteiger partial charge is 0.378 e. The Balaban J connectivity index is 1.84. The third kappa shape index (κ3) is 2.44. The van der Waals surface area contributed by atoms with Crippen LogP contribution in [0.25, 0.3) is 0 Å². The number of hydrogen-bond donors (Lipinski definition) is 1. The second kappa shape index (κ2) is 5.15. The van der Waals surface area contributed by atoms with Crippen molar-refractivity contribution in [2.24, 2.45) is 0 Å². The van der Waals surface area contributed by atoms with Gasteiger partial charge in [-0.3, -0.25) is 0 Å². The molecule has 0 fully saturated rings. The summed E-state index contributed by atoms with van der Waals surface area (Å²) in [5, 5.41) is 3.64. The number of benzene rings is 2. The average molecular weight is 302 g/mol. The van der Waals surface area contributed by atoms with Crippen LogP contribution < -0.4 is 5.32 Å². The van der Waals surface area contributed by atoms with E-state index in [1.54, 1.807) is 0 Å². The average Bonchev–Trinajstić information content (AvgIpc) is 2.42. The Morgan fingerprint density at radius 1 is 1.00 bits per heavy atom. The van der Waals surface area contributed by atoms with Crippen LogP contribution in [-0.4, -0.2) is 0 Å². The number of rotatable bonds is 2. The van der Waals surface area contributed by atoms with E-state index < -0.39 is 0 Å². The van der Waals surface area contributed by atoms with Crippen LogP contribution in [0.4, 0.5) is 5.69 Å². The van der Waals surface area contributed by atoms with Gasteiger partial charge in [0.15, 0.2) is 0 Å². The minimum Gasteiger partial charge on any atom is -0.378 e. The predicted octanol–water partition coefficient (Wildman–Crippen LogP) is 4.94. The normalized spacial score (nSPS) is 18.2. The lowest BCUT2D eigenvalue weighted by molar-refractivity contribution is 0.600. The molecule has 1 nitrogen and oxygen atoms in total. The van der Waals surface area contributed by atoms with Crippen molar-refractivity contribution in [3.8, 4) is 0 Å². The molecule has 1 N–H and O–H groups in total. The zero-order valence-corrected chi connectivity index (χ0v) is 11.8. The van der Waals surface area contributed by atoms with Crippen molar-refractivity contribution in [2.45, 2.75) is 25.3 Å². The minimum absolute atomic E-state index is 0.455. The molecule has 0 aromatic heterocycles. The molecule has 0 amide bonds. The summed E-state index contributed by atoms with van der Waals surface area (Å²) < 4.78 is 1.12. The summed E-state index contributed by atoms with van der Waals surface area (Å²) in [5.74, 6) is 0. The van der Waals surface area contributed by atoms with Gasteiger partial charge < -0.3 is 5.32 Å². The smallest absolute Gasteiger partial charge is 0.0516 e. The molecule has 0 spiro atoms. The Morgan fingerprint density at radius 2 is 1.78 bits per heavy atom. The quantitative estimate of drug-likeness (QED) is 0.828. The van der Waals surface area contributed by atoms with Gasteiger partial charge in [-0.2, -0.15) is 0 Å². The second-order valence-corrected chi connectivity index (χ2v) is 5.71. The molecule has 0 radical (unpaired) electrons. The lowest BCUT2D eigenvalue weighted by Gasteiger charge is -2.27. The molecule has 0 saturated carbocycles. The first-order valence-corrected chi connectivity index (χ1v) is 7.22. The third-order valence-corrected chi connectivity index (χ3v) is 4.08. The Kier molecular flexibility index (Phi) is 3.37. The molecule has 18 heavy (non-hydrogen) atoms. The van der Waals surface area contributed by atoms with E-state index >= 15 is 0 Å². The molecular weight excluding hydrogens is 286 g/mol. The molecule has 3 rings (SSSR count). The highest BCUT2D eigenvalue weighted by Gasteiger charge is 2.19. The van der Waals surface area contributed by atoms with Crippen LogP contribution in [0.2, 0.25) is 0 Å². The third-order valence-electron chi connectivity index (χ3n) is 3.55. The van der Waals surface area contributed by atoms with Gasteiger partial charge in [-0.15, -0.1) is 0 Å². The van der Waals surface area contributed by atoms with Gasteiger partial charge in [-0.1, -0.05) is 40.2 Å². The van der Waals surface area contributed by atoms with Crippen LogP contribution in [0.5, 0.6) is 0 Å². The molecule has 0 saturated heterocycles. The number of halogens is 1. The maximum atomic E-state index is 3.64. The lowest BCUT2D eigenvalue weighted by atomic mass is 9.87. The summed E-state index contributed by atoms with van der Waals surface area (Å²) in [6.45, 7) is 0. The van der Waals surface area contributed by atoms with E-state index in [-0.39, 0.29) is 0 Å². The van der Waals surface area contributed by atoms with E-state index in [4.69, 9.17) is 0 Å². The zero-order chi connectivity index (χ0) is 12.4. The lowest BCUT2D eigenvalue weighted by Crippen LogP contribution is -2.17. The van der Waals surface area contributed by atoms with Crippen molar-refractivity contribution in [1.29, 1.82) is 0 Å². The van der Waals surface area contributed by atoms with Crippen LogP contribution in [0, 0.1) is 0 Å². The van der Waals surface area contributed by atoms with E-state index in [9.17, 15) is 0 Å². The molecule has 0 aliphatic heterocycles. The molecule has 1 atom stereocenters. The van der Waals surface area contributed by atoms with Crippen LogP contribution in [0.15, 0.2) is 53.0 Å². The van der Waals surface area contributed by atoms with Crippen molar-refractivity contribution in [1.82, 2.24) is 0 Å². The van der Waals surface area contributed by atoms with Crippen LogP contribution in [0.3, 0.4) is 0 Å². The van der Waals surface area contributed by atoms with Gasteiger partial charge in [0.25, 0.3) is 0 Å². The van der Waals surface area contributed by atoms with E-state index in [1.807, 2.05) is 0 Å². The molecule has 0 heterocycles. The van der Waals surface area contributed by atoms with Crippen LogP contribution in [0.1, 0.15) is 30.0 Å². The van der Waals surface area contributed by atoms with Crippen molar-refractivity contribution in [2.75, 3.05) is 5.32 Å². The number of aryl methyl sites for hydroxylation is 1. The fourth-order valence-electron chi connectivity index (χ4n) is 2.65. The molecular formula is C16H16BrN. The van der Waals surface area contributed by atoms with Gasteiger partial charge in [0, 0.05) is 10.2 Å². The SMILES string of the molecule is Brc1ccc(NC2CCCc3ccccc32)cc1. The van der Waals surface area contributed by atoms with E-state index in [2.05, 4.69) is 69.8 Å². The summed E-state index contributed by atoms with van der Waals surface area (Å²) in [5.41, 5.74) is 4.16. The van der Waals surface area contributed by atoms with Crippen LogP contribution >= 0.6 is 15.9 Å². The van der Waals surface area contributed by atoms with Crippen molar-refractivity contribution < 1.29 is 0 Å². The number of hydrogen-bond acceptors (Lipinski definition) is 1. The Labute approximate surface area is 116 Å². The first-order valence-electron chi connectivity index (χ1n) is 6.43. The Morgan fingerprint density at radius 3 is 2.61 bits per heavy atom. The van der Waals surface area contributed by atoms with Crippen molar-refractivity contribution in [3.05, 3.63) is 64.1 Å². The van der Waals surface area contributed by atoms with E-state index in [0.29, 0.717) is 6.04 Å². The fourth-order valence-corrected chi connectivity index (χ4v) is 2.92. The highest BCUT2D eigenvalue weighted by atomic mass is 79.9. The summed E-state index contributed by atoms with van der Waals surface area (Å²) in [6, 6.07) is 17.7. The maximum absolute atomic E-state index is 3.64. The molecule has 2 heteroatoms. The first kappa shape index (κ1) is 11.8. The highest BCUT2D eigenvalue weighted by Crippen LogP contribution is 2.32. The first-order chi connectivity index (χ1) is 8.83. The summed E-state index contributed by atoms with van der Waals surface area (Å²) >= 11 is 3.47. The van der Waals surface area contributed by atoms with Gasteiger partial charge in [0.1, 0.15) is 0 Å². The van der Waals surface area contributed by atoms with E-state index in [1.165, 1.54) is 36.1 Å². The Hall–Kier alpha value is -1.28. The number of fused-ring (bicyclic) bond motifs is 1. The summed E-state index contributed by atoms with van der Waals surface area (Å²) in [7, 11) is 0. The highest BCUT2D eigenvalue weighted by molar-refractivity contribution is 9.10. The second-order valence-electron chi connectivity index (χ2n) is 4.79. The summed E-state index contributed by atoms with van der Waals surface area (Å²) in [6.07, 6.45) is 3.70. The number of nitrogens with one attached hydrogen (secondary N) is 1. The standard InChI is InChI=1S/C16H16BrN/c17-13-8-10-14(11-9-13)18-16-7-3-5-12-4-1-2-6-15(12)16/h1-2,4,6,8-11,16,18H,3,5,7H2. The van der Waals surface area contributed by atoms with Crippen molar-refractivity contribution in [3.63, 3.8) is 0 Å². The zero-order valence-electron chi connectivity index (χ0n) is 10.2. The minimum atomic E-state index is 0.455. The van der Waals surface area contributed by atoms with Gasteiger partial charge in [0.05, 0.1) is 6.04 Å². The van der Waals surface area contributed by atoms with Gasteiger partial charge in [-0.25, -0.2) is 0 Å². The maximum Gasteiger partial charge on any atom is 0.0516 e. The van der Waals surface area contributed by atoms with Crippen molar-refractivity contribution >= 4 is 21.6 Å². The molecule has 1 aliphatic carbocycles.